The highest BCUT2D eigenvalue weighted by molar-refractivity contribution is 5.41. The smallest absolute Gasteiger partial charge is 0.128 e. The predicted molar refractivity (Wildman–Crippen MR) is 71.0 cm³/mol. The van der Waals surface area contributed by atoms with E-state index in [0.29, 0.717) is 6.42 Å². The van der Waals surface area contributed by atoms with E-state index < -0.39 is 5.60 Å². The summed E-state index contributed by atoms with van der Waals surface area (Å²) < 4.78 is 5.40. The molecule has 2 N–H and O–H groups in total. The van der Waals surface area contributed by atoms with Gasteiger partial charge in [-0.1, -0.05) is 0 Å². The van der Waals surface area contributed by atoms with Crippen LogP contribution in [0, 0.1) is 13.8 Å². The Hall–Kier alpha value is -1.13. The van der Waals surface area contributed by atoms with Crippen LogP contribution in [0.4, 0.5) is 0 Å². The number of pyridine rings is 1. The van der Waals surface area contributed by atoms with Crippen LogP contribution in [-0.2, 0) is 6.42 Å². The number of rotatable bonds is 3. The lowest BCUT2D eigenvalue weighted by Gasteiger charge is -2.32. The summed E-state index contributed by atoms with van der Waals surface area (Å²) in [6.45, 7) is 5.75. The second kappa shape index (κ2) is 5.24. The summed E-state index contributed by atoms with van der Waals surface area (Å²) in [5, 5.41) is 13.8. The van der Waals surface area contributed by atoms with Crippen LogP contribution >= 0.6 is 0 Å². The number of aromatic nitrogens is 1. The Morgan fingerprint density at radius 1 is 1.39 bits per heavy atom. The van der Waals surface area contributed by atoms with Crippen LogP contribution in [-0.4, -0.2) is 35.9 Å². The average molecular weight is 250 g/mol. The van der Waals surface area contributed by atoms with Gasteiger partial charge in [0.1, 0.15) is 5.75 Å². The van der Waals surface area contributed by atoms with E-state index in [1.54, 1.807) is 7.11 Å². The summed E-state index contributed by atoms with van der Waals surface area (Å²) in [6.07, 6.45) is 4.00. The van der Waals surface area contributed by atoms with E-state index in [2.05, 4.69) is 10.3 Å². The molecule has 0 spiro atoms. The number of aliphatic hydroxyl groups is 1. The van der Waals surface area contributed by atoms with Crippen LogP contribution < -0.4 is 10.1 Å². The fourth-order valence-corrected chi connectivity index (χ4v) is 2.63. The van der Waals surface area contributed by atoms with E-state index in [1.807, 2.05) is 20.0 Å². The molecule has 0 unspecified atom stereocenters. The van der Waals surface area contributed by atoms with Gasteiger partial charge in [0.05, 0.1) is 12.7 Å². The molecule has 0 aliphatic carbocycles. The van der Waals surface area contributed by atoms with Crippen molar-refractivity contribution in [3.63, 3.8) is 0 Å². The number of hydrogen-bond acceptors (Lipinski definition) is 4. The van der Waals surface area contributed by atoms with Gasteiger partial charge in [-0.05, 0) is 39.8 Å². The fourth-order valence-electron chi connectivity index (χ4n) is 2.63. The number of piperidine rings is 1. The second-order valence-electron chi connectivity index (χ2n) is 5.20. The number of nitrogens with zero attached hydrogens (tertiary/aromatic N) is 1. The summed E-state index contributed by atoms with van der Waals surface area (Å²) in [4.78, 5) is 4.47. The number of nitrogens with one attached hydrogen (secondary N) is 1. The third-order valence-electron chi connectivity index (χ3n) is 3.78. The summed E-state index contributed by atoms with van der Waals surface area (Å²) in [5.74, 6) is 0.887. The zero-order valence-corrected chi connectivity index (χ0v) is 11.4. The molecule has 0 aromatic carbocycles. The molecule has 1 aliphatic heterocycles. The minimum Gasteiger partial charge on any atom is -0.496 e. The Morgan fingerprint density at radius 2 is 2.06 bits per heavy atom. The Kier molecular flexibility index (Phi) is 3.88. The molecular formula is C14H22N2O2. The molecule has 4 heteroatoms. The van der Waals surface area contributed by atoms with Crippen LogP contribution in [0.3, 0.4) is 0 Å². The molecule has 2 rings (SSSR count). The van der Waals surface area contributed by atoms with E-state index in [9.17, 15) is 5.11 Å². The van der Waals surface area contributed by atoms with E-state index in [1.165, 1.54) is 0 Å². The first-order chi connectivity index (χ1) is 8.56. The number of aryl methyl sites for hydroxylation is 1. The van der Waals surface area contributed by atoms with Gasteiger partial charge in [-0.25, -0.2) is 0 Å². The molecule has 0 radical (unpaired) electrons. The zero-order valence-electron chi connectivity index (χ0n) is 11.4. The van der Waals surface area contributed by atoms with Crippen molar-refractivity contribution in [2.45, 2.75) is 38.7 Å². The van der Waals surface area contributed by atoms with Crippen LogP contribution in [0.2, 0.25) is 0 Å². The molecule has 100 valence electrons. The molecule has 18 heavy (non-hydrogen) atoms. The quantitative estimate of drug-likeness (QED) is 0.850. The third kappa shape index (κ3) is 2.65. The summed E-state index contributed by atoms with van der Waals surface area (Å²) >= 11 is 0. The van der Waals surface area contributed by atoms with Gasteiger partial charge in [0.15, 0.2) is 0 Å². The van der Waals surface area contributed by atoms with Crippen molar-refractivity contribution in [3.05, 3.63) is 23.0 Å². The van der Waals surface area contributed by atoms with Crippen LogP contribution in [0.1, 0.15) is 29.7 Å². The third-order valence-corrected chi connectivity index (χ3v) is 3.78. The highest BCUT2D eigenvalue weighted by Gasteiger charge is 2.30. The summed E-state index contributed by atoms with van der Waals surface area (Å²) in [7, 11) is 1.68. The number of hydrogen-bond donors (Lipinski definition) is 2. The first-order valence-corrected chi connectivity index (χ1v) is 6.48. The normalized spacial score (nSPS) is 18.7. The minimum absolute atomic E-state index is 0.608. The van der Waals surface area contributed by atoms with Crippen molar-refractivity contribution >= 4 is 0 Å². The molecule has 1 aromatic rings. The largest absolute Gasteiger partial charge is 0.496 e. The van der Waals surface area contributed by atoms with Crippen molar-refractivity contribution in [1.29, 1.82) is 0 Å². The molecule has 4 nitrogen and oxygen atoms in total. The molecule has 0 amide bonds. The lowest BCUT2D eigenvalue weighted by atomic mass is 9.86. The van der Waals surface area contributed by atoms with Gasteiger partial charge in [-0.2, -0.15) is 0 Å². The topological polar surface area (TPSA) is 54.4 Å². The highest BCUT2D eigenvalue weighted by Crippen LogP contribution is 2.29. The lowest BCUT2D eigenvalue weighted by molar-refractivity contribution is 0.00983. The molecule has 1 aliphatic rings. The summed E-state index contributed by atoms with van der Waals surface area (Å²) in [6, 6.07) is 0. The van der Waals surface area contributed by atoms with E-state index in [-0.39, 0.29) is 0 Å². The van der Waals surface area contributed by atoms with Crippen LogP contribution in [0.25, 0.3) is 0 Å². The van der Waals surface area contributed by atoms with Crippen molar-refractivity contribution in [2.24, 2.45) is 0 Å². The minimum atomic E-state index is -0.622. The van der Waals surface area contributed by atoms with Crippen molar-refractivity contribution < 1.29 is 9.84 Å². The number of methoxy groups -OCH3 is 1. The van der Waals surface area contributed by atoms with E-state index in [4.69, 9.17) is 4.74 Å². The van der Waals surface area contributed by atoms with Crippen LogP contribution in [0.15, 0.2) is 6.20 Å². The maximum Gasteiger partial charge on any atom is 0.128 e. The molecular weight excluding hydrogens is 228 g/mol. The van der Waals surface area contributed by atoms with Crippen molar-refractivity contribution in [3.8, 4) is 5.75 Å². The number of ether oxygens (including phenoxy) is 1. The van der Waals surface area contributed by atoms with Crippen LogP contribution in [0.5, 0.6) is 5.75 Å². The molecule has 1 aromatic heterocycles. The van der Waals surface area contributed by atoms with Gasteiger partial charge in [0.25, 0.3) is 0 Å². The highest BCUT2D eigenvalue weighted by atomic mass is 16.5. The van der Waals surface area contributed by atoms with E-state index >= 15 is 0 Å². The standard InChI is InChI=1S/C14H22N2O2/c1-10-9-16-12(11(2)13(10)18-3)8-14(17)4-6-15-7-5-14/h9,15,17H,4-8H2,1-3H3. The SMILES string of the molecule is COc1c(C)cnc(CC2(O)CCNCC2)c1C. The van der Waals surface area contributed by atoms with Crippen molar-refractivity contribution in [2.75, 3.05) is 20.2 Å². The Balaban J connectivity index is 2.23. The van der Waals surface area contributed by atoms with Gasteiger partial charge >= 0.3 is 0 Å². The van der Waals surface area contributed by atoms with Crippen molar-refractivity contribution in [1.82, 2.24) is 10.3 Å². The Labute approximate surface area is 108 Å². The molecule has 2 heterocycles. The Bertz CT molecular complexity index is 426. The van der Waals surface area contributed by atoms with E-state index in [0.717, 1.165) is 48.5 Å². The molecule has 1 saturated heterocycles. The van der Waals surface area contributed by atoms with Gasteiger partial charge in [0, 0.05) is 29.4 Å². The molecule has 0 bridgehead atoms. The predicted octanol–water partition coefficient (Wildman–Crippen LogP) is 1.36. The second-order valence-corrected chi connectivity index (χ2v) is 5.20. The molecule has 0 saturated carbocycles. The Morgan fingerprint density at radius 3 is 2.67 bits per heavy atom. The van der Waals surface area contributed by atoms with Gasteiger partial charge in [-0.3, -0.25) is 4.98 Å². The maximum absolute atomic E-state index is 10.6. The first-order valence-electron chi connectivity index (χ1n) is 6.48. The monoisotopic (exact) mass is 250 g/mol. The fraction of sp³-hybridized carbons (Fsp3) is 0.643. The average Bonchev–Trinajstić information content (AvgIpc) is 2.34. The van der Waals surface area contributed by atoms with Gasteiger partial charge in [-0.15, -0.1) is 0 Å². The zero-order chi connectivity index (χ0) is 13.2. The van der Waals surface area contributed by atoms with Gasteiger partial charge in [0.2, 0.25) is 0 Å². The van der Waals surface area contributed by atoms with Gasteiger partial charge < -0.3 is 15.2 Å². The molecule has 1 fully saturated rings. The maximum atomic E-state index is 10.6. The summed E-state index contributed by atoms with van der Waals surface area (Å²) in [5.41, 5.74) is 2.41. The molecule has 0 atom stereocenters. The first kappa shape index (κ1) is 13.3. The lowest BCUT2D eigenvalue weighted by Crippen LogP contribution is -2.43.